The molecule has 2 saturated heterocycles. The molecule has 1 N–H and O–H groups in total. The molecule has 1 aliphatic carbocycles. The fourth-order valence-corrected chi connectivity index (χ4v) is 4.62. The summed E-state index contributed by atoms with van der Waals surface area (Å²) in [4.78, 5) is 29.9. The van der Waals surface area contributed by atoms with Crippen LogP contribution in [0.5, 0.6) is 5.88 Å². The number of nitrogens with one attached hydrogen (secondary N) is 1. The van der Waals surface area contributed by atoms with Crippen LogP contribution in [-0.2, 0) is 17.3 Å². The van der Waals surface area contributed by atoms with Gasteiger partial charge < -0.3 is 19.4 Å². The molecule has 5 heterocycles. The van der Waals surface area contributed by atoms with Crippen molar-refractivity contribution >= 4 is 22.6 Å². The lowest BCUT2D eigenvalue weighted by Gasteiger charge is -2.42. The first-order valence-corrected chi connectivity index (χ1v) is 10.4. The number of hydrogen-bond donors (Lipinski definition) is 1. The predicted octanol–water partition coefficient (Wildman–Crippen LogP) is 2.45. The van der Waals surface area contributed by atoms with Gasteiger partial charge in [0.05, 0.1) is 23.9 Å². The van der Waals surface area contributed by atoms with Crippen LogP contribution in [0.2, 0.25) is 0 Å². The predicted molar refractivity (Wildman–Crippen MR) is 114 cm³/mol. The number of anilines is 1. The van der Waals surface area contributed by atoms with Crippen LogP contribution in [0.25, 0.3) is 11.0 Å². The van der Waals surface area contributed by atoms with Gasteiger partial charge in [0, 0.05) is 37.7 Å². The van der Waals surface area contributed by atoms with E-state index in [4.69, 9.17) is 9.47 Å². The number of carbonyl (C=O) groups excluding carboxylic acids is 1. The molecular formula is C22H25N5O4. The topological polar surface area (TPSA) is 100 Å². The molecular weight excluding hydrogens is 398 g/mol. The average Bonchev–Trinajstić information content (AvgIpc) is 3.34. The molecule has 0 unspecified atom stereocenters. The third-order valence-corrected chi connectivity index (χ3v) is 6.00. The maximum atomic E-state index is 13.1. The third-order valence-electron chi connectivity index (χ3n) is 6.00. The van der Waals surface area contributed by atoms with Gasteiger partial charge in [-0.15, -0.1) is 0 Å². The Morgan fingerprint density at radius 1 is 1.35 bits per heavy atom. The molecule has 1 amide bonds. The highest BCUT2D eigenvalue weighted by atomic mass is 16.5. The van der Waals surface area contributed by atoms with Crippen LogP contribution < -0.4 is 15.6 Å². The molecule has 0 radical (unpaired) electrons. The quantitative estimate of drug-likeness (QED) is 0.677. The number of aryl methyl sites for hydroxylation is 1. The van der Waals surface area contributed by atoms with E-state index in [9.17, 15) is 9.59 Å². The molecule has 9 heteroatoms. The molecule has 0 aromatic carbocycles. The largest absolute Gasteiger partial charge is 0.474 e. The Morgan fingerprint density at radius 3 is 2.81 bits per heavy atom. The van der Waals surface area contributed by atoms with Crippen molar-refractivity contribution in [2.24, 2.45) is 7.05 Å². The maximum absolute atomic E-state index is 13.1. The van der Waals surface area contributed by atoms with E-state index in [-0.39, 0.29) is 39.9 Å². The number of pyridine rings is 2. The van der Waals surface area contributed by atoms with Crippen molar-refractivity contribution in [2.45, 2.75) is 50.9 Å². The number of fused-ring (bicyclic) bond motifs is 2. The first kappa shape index (κ1) is 19.7. The highest BCUT2D eigenvalue weighted by molar-refractivity contribution is 6.07. The summed E-state index contributed by atoms with van der Waals surface area (Å²) in [5.74, 6) is -0.267. The minimum Gasteiger partial charge on any atom is -0.474 e. The molecule has 2 aliphatic heterocycles. The van der Waals surface area contributed by atoms with Gasteiger partial charge in [-0.3, -0.25) is 14.3 Å². The van der Waals surface area contributed by atoms with E-state index < -0.39 is 5.91 Å². The number of amides is 1. The van der Waals surface area contributed by atoms with Crippen LogP contribution in [-0.4, -0.2) is 43.6 Å². The molecule has 1 saturated carbocycles. The van der Waals surface area contributed by atoms with E-state index in [1.807, 2.05) is 24.7 Å². The molecule has 9 nitrogen and oxygen atoms in total. The Bertz CT molecular complexity index is 1250. The van der Waals surface area contributed by atoms with Crippen LogP contribution in [0.15, 0.2) is 35.4 Å². The fourth-order valence-electron chi connectivity index (χ4n) is 4.62. The van der Waals surface area contributed by atoms with Crippen molar-refractivity contribution < 1.29 is 14.3 Å². The molecule has 3 aliphatic rings. The Labute approximate surface area is 179 Å². The summed E-state index contributed by atoms with van der Waals surface area (Å²) in [6.07, 6.45) is 5.18. The molecule has 0 atom stereocenters. The number of ether oxygens (including phenoxy) is 2. The monoisotopic (exact) mass is 423 g/mol. The molecule has 6 rings (SSSR count). The molecule has 3 aromatic heterocycles. The van der Waals surface area contributed by atoms with E-state index >= 15 is 0 Å². The molecule has 3 fully saturated rings. The Hall–Kier alpha value is -3.20. The maximum Gasteiger partial charge on any atom is 0.274 e. The number of aromatic nitrogens is 4. The molecule has 0 spiro atoms. The summed E-state index contributed by atoms with van der Waals surface area (Å²) < 4.78 is 15.0. The summed E-state index contributed by atoms with van der Waals surface area (Å²) in [5.41, 5.74) is 0.454. The highest BCUT2D eigenvalue weighted by Gasteiger charge is 2.61. The lowest BCUT2D eigenvalue weighted by atomic mass is 9.69. The Balaban J connectivity index is 1.53. The van der Waals surface area contributed by atoms with Gasteiger partial charge in [-0.1, -0.05) is 0 Å². The summed E-state index contributed by atoms with van der Waals surface area (Å²) in [6.45, 7) is 6.47. The van der Waals surface area contributed by atoms with Gasteiger partial charge in [0.2, 0.25) is 5.88 Å². The lowest BCUT2D eigenvalue weighted by molar-refractivity contribution is 0.00381. The first-order valence-electron chi connectivity index (χ1n) is 10.4. The second kappa shape index (κ2) is 6.65. The normalized spacial score (nSPS) is 24.4. The average molecular weight is 423 g/mol. The van der Waals surface area contributed by atoms with Gasteiger partial charge in [-0.25, -0.2) is 0 Å². The summed E-state index contributed by atoms with van der Waals surface area (Å²) in [6, 6.07) is 4.99. The van der Waals surface area contributed by atoms with Crippen LogP contribution >= 0.6 is 0 Å². The zero-order chi connectivity index (χ0) is 22.0. The van der Waals surface area contributed by atoms with Crippen molar-refractivity contribution in [1.29, 1.82) is 0 Å². The van der Waals surface area contributed by atoms with Crippen molar-refractivity contribution in [3.8, 4) is 5.88 Å². The van der Waals surface area contributed by atoms with Crippen LogP contribution in [0.3, 0.4) is 0 Å². The van der Waals surface area contributed by atoms with Crippen LogP contribution in [0.4, 0.5) is 5.69 Å². The zero-order valence-electron chi connectivity index (χ0n) is 18.0. The van der Waals surface area contributed by atoms with Crippen molar-refractivity contribution in [2.75, 3.05) is 11.9 Å². The van der Waals surface area contributed by atoms with Crippen molar-refractivity contribution in [3.63, 3.8) is 0 Å². The van der Waals surface area contributed by atoms with E-state index in [2.05, 4.69) is 22.3 Å². The Kier molecular flexibility index (Phi) is 4.23. The third kappa shape index (κ3) is 3.20. The minimum atomic E-state index is -0.459. The van der Waals surface area contributed by atoms with E-state index in [0.29, 0.717) is 12.3 Å². The van der Waals surface area contributed by atoms with E-state index in [0.717, 1.165) is 18.2 Å². The minimum absolute atomic E-state index is 0.0651. The van der Waals surface area contributed by atoms with Gasteiger partial charge in [-0.2, -0.15) is 10.1 Å². The van der Waals surface area contributed by atoms with Gasteiger partial charge in [0.1, 0.15) is 11.3 Å². The van der Waals surface area contributed by atoms with E-state index in [1.165, 1.54) is 4.57 Å². The van der Waals surface area contributed by atoms with E-state index in [1.54, 1.807) is 31.4 Å². The standard InChI is InChI=1S/C22H25N5O4/c1-13(2)31-19-15(18(28)23-16-6-5-7-26(4)20(16)29)8-14-9-27(25-17(14)24-19)22-10-21(3,11-22)30-12-22/h5-9,13H,10-12H2,1-4H3,(H,23,28). The van der Waals surface area contributed by atoms with Gasteiger partial charge >= 0.3 is 0 Å². The SMILES string of the molecule is CC(C)Oc1nc2nn(C34COC(C)(C3)C4)cc2cc1C(=O)Nc1cccn(C)c1=O. The number of nitrogens with zero attached hydrogens (tertiary/aromatic N) is 4. The summed E-state index contributed by atoms with van der Waals surface area (Å²) >= 11 is 0. The smallest absolute Gasteiger partial charge is 0.274 e. The van der Waals surface area contributed by atoms with Crippen LogP contribution in [0, 0.1) is 0 Å². The second-order valence-electron chi connectivity index (χ2n) is 9.10. The zero-order valence-corrected chi connectivity index (χ0v) is 18.0. The van der Waals surface area contributed by atoms with Crippen molar-refractivity contribution in [3.05, 3.63) is 46.5 Å². The first-order chi connectivity index (χ1) is 14.7. The summed E-state index contributed by atoms with van der Waals surface area (Å²) in [5, 5.41) is 8.10. The lowest BCUT2D eigenvalue weighted by Crippen LogP contribution is -2.49. The number of carbonyl (C=O) groups is 1. The van der Waals surface area contributed by atoms with Crippen LogP contribution in [0.1, 0.15) is 44.0 Å². The molecule has 3 aromatic rings. The van der Waals surface area contributed by atoms with Crippen molar-refractivity contribution in [1.82, 2.24) is 19.3 Å². The van der Waals surface area contributed by atoms with Gasteiger partial charge in [-0.05, 0) is 39.0 Å². The Morgan fingerprint density at radius 2 is 2.13 bits per heavy atom. The fraction of sp³-hybridized carbons (Fsp3) is 0.455. The summed E-state index contributed by atoms with van der Waals surface area (Å²) in [7, 11) is 1.63. The highest BCUT2D eigenvalue weighted by Crippen LogP contribution is 2.55. The van der Waals surface area contributed by atoms with Gasteiger partial charge in [0.15, 0.2) is 5.65 Å². The number of hydrogen-bond acceptors (Lipinski definition) is 6. The van der Waals surface area contributed by atoms with Gasteiger partial charge in [0.25, 0.3) is 11.5 Å². The molecule has 162 valence electrons. The number of rotatable bonds is 5. The second-order valence-corrected chi connectivity index (χ2v) is 9.10. The molecule has 2 bridgehead atoms. The molecule has 31 heavy (non-hydrogen) atoms.